The number of rotatable bonds is 6. The summed E-state index contributed by atoms with van der Waals surface area (Å²) in [6.07, 6.45) is 7.86. The molecule has 42 heavy (non-hydrogen) atoms. The van der Waals surface area contributed by atoms with Crippen LogP contribution in [0.25, 0.3) is 10.8 Å². The standard InChI is InChI=1S/C32H36ClFN7O/c1-38(16-22-9-13-39(17-22)21-35)30-25-10-14-40(28-8-3-6-23-5-2-7-26(33)29(23)28)19-27(25)36-31(37-30)42-20-32-11-4-12-41(32)18-24(34)15-32/h2-3,5-8,16,22,24H,4,9-15,17-20H2,1H3/q+1/b38-16+/t22?,24-,32+/m1/s1. The lowest BCUT2D eigenvalue weighted by Gasteiger charge is -2.32. The molecule has 0 spiro atoms. The quantitative estimate of drug-likeness (QED) is 0.229. The van der Waals surface area contributed by atoms with Crippen molar-refractivity contribution in [3.63, 3.8) is 0 Å². The molecule has 1 unspecified atom stereocenters. The molecule has 0 N–H and O–H groups in total. The maximum atomic E-state index is 14.4. The van der Waals surface area contributed by atoms with Crippen molar-refractivity contribution in [1.29, 1.82) is 5.26 Å². The fraction of sp³-hybridized carbons (Fsp3) is 0.500. The third-order valence-electron chi connectivity index (χ3n) is 9.56. The summed E-state index contributed by atoms with van der Waals surface area (Å²) < 4.78 is 22.9. The molecule has 3 atom stereocenters. The number of anilines is 1. The summed E-state index contributed by atoms with van der Waals surface area (Å²) in [4.78, 5) is 16.3. The van der Waals surface area contributed by atoms with E-state index in [9.17, 15) is 9.65 Å². The van der Waals surface area contributed by atoms with Crippen LogP contribution in [-0.2, 0) is 13.0 Å². The molecule has 7 rings (SSSR count). The average molecular weight is 589 g/mol. The summed E-state index contributed by atoms with van der Waals surface area (Å²) in [6.45, 7) is 4.70. The molecule has 3 saturated heterocycles. The van der Waals surface area contributed by atoms with Gasteiger partial charge in [-0.1, -0.05) is 35.9 Å². The predicted molar refractivity (Wildman–Crippen MR) is 161 cm³/mol. The minimum Gasteiger partial charge on any atom is -0.443 e. The molecule has 218 valence electrons. The van der Waals surface area contributed by atoms with Gasteiger partial charge in [-0.15, -0.1) is 0 Å². The van der Waals surface area contributed by atoms with Crippen molar-refractivity contribution in [2.45, 2.75) is 50.4 Å². The van der Waals surface area contributed by atoms with Gasteiger partial charge in [0.1, 0.15) is 12.8 Å². The van der Waals surface area contributed by atoms with Gasteiger partial charge in [-0.25, -0.2) is 8.97 Å². The first-order valence-electron chi connectivity index (χ1n) is 15.0. The Bertz CT molecular complexity index is 1590. The molecule has 3 fully saturated rings. The van der Waals surface area contributed by atoms with E-state index in [1.54, 1.807) is 4.90 Å². The second-order valence-electron chi connectivity index (χ2n) is 12.3. The molecule has 0 radical (unpaired) electrons. The van der Waals surface area contributed by atoms with E-state index < -0.39 is 6.17 Å². The predicted octanol–water partition coefficient (Wildman–Crippen LogP) is 4.95. The number of hydrogen-bond acceptors (Lipinski definition) is 7. The molecule has 0 amide bonds. The Labute approximate surface area is 251 Å². The number of likely N-dealkylation sites (tertiary alicyclic amines) is 1. The van der Waals surface area contributed by atoms with Gasteiger partial charge in [0.2, 0.25) is 0 Å². The number of hydrogen-bond donors (Lipinski definition) is 0. The third-order valence-corrected chi connectivity index (χ3v) is 9.88. The van der Waals surface area contributed by atoms with Crippen LogP contribution in [-0.4, -0.2) is 88.6 Å². The van der Waals surface area contributed by atoms with E-state index in [0.29, 0.717) is 32.1 Å². The molecule has 8 nitrogen and oxygen atoms in total. The highest BCUT2D eigenvalue weighted by atomic mass is 35.5. The van der Waals surface area contributed by atoms with Crippen molar-refractivity contribution in [1.82, 2.24) is 19.8 Å². The van der Waals surface area contributed by atoms with Crippen molar-refractivity contribution in [2.24, 2.45) is 5.92 Å². The maximum Gasteiger partial charge on any atom is 0.434 e. The lowest BCUT2D eigenvalue weighted by molar-refractivity contribution is -0.407. The molecule has 10 heteroatoms. The zero-order valence-electron chi connectivity index (χ0n) is 24.0. The largest absolute Gasteiger partial charge is 0.443 e. The van der Waals surface area contributed by atoms with E-state index >= 15 is 0 Å². The van der Waals surface area contributed by atoms with E-state index in [-0.39, 0.29) is 11.5 Å². The van der Waals surface area contributed by atoms with E-state index in [1.165, 1.54) is 0 Å². The third kappa shape index (κ3) is 4.95. The summed E-state index contributed by atoms with van der Waals surface area (Å²) in [5.41, 5.74) is 2.87. The maximum absolute atomic E-state index is 14.4. The molecule has 4 aliphatic heterocycles. The lowest BCUT2D eigenvalue weighted by Crippen LogP contribution is -2.43. The Morgan fingerprint density at radius 1 is 1.19 bits per heavy atom. The second kappa shape index (κ2) is 11.0. The fourth-order valence-electron chi connectivity index (χ4n) is 7.52. The monoisotopic (exact) mass is 588 g/mol. The minimum absolute atomic E-state index is 0.271. The minimum atomic E-state index is -0.810. The van der Waals surface area contributed by atoms with Crippen molar-refractivity contribution in [3.05, 3.63) is 52.7 Å². The van der Waals surface area contributed by atoms with Gasteiger partial charge in [-0.3, -0.25) is 4.90 Å². The zero-order chi connectivity index (χ0) is 28.8. The number of benzene rings is 2. The van der Waals surface area contributed by atoms with Crippen LogP contribution in [0.15, 0.2) is 36.4 Å². The molecular weight excluding hydrogens is 553 g/mol. The number of ether oxygens (including phenoxy) is 1. The van der Waals surface area contributed by atoms with E-state index in [2.05, 4.69) is 51.0 Å². The summed E-state index contributed by atoms with van der Waals surface area (Å²) >= 11 is 6.70. The van der Waals surface area contributed by atoms with Crippen LogP contribution in [0, 0.1) is 17.4 Å². The van der Waals surface area contributed by atoms with Gasteiger partial charge in [0.05, 0.1) is 41.6 Å². The lowest BCUT2D eigenvalue weighted by atomic mass is 9.95. The molecule has 0 saturated carbocycles. The van der Waals surface area contributed by atoms with Gasteiger partial charge in [-0.05, 0) is 43.3 Å². The second-order valence-corrected chi connectivity index (χ2v) is 12.7. The molecular formula is C32H36ClFN7O+. The van der Waals surface area contributed by atoms with Crippen molar-refractivity contribution >= 4 is 40.1 Å². The molecule has 4 aliphatic rings. The average Bonchev–Trinajstić information content (AvgIpc) is 3.69. The van der Waals surface area contributed by atoms with Gasteiger partial charge in [0, 0.05) is 61.0 Å². The van der Waals surface area contributed by atoms with Crippen molar-refractivity contribution < 1.29 is 13.7 Å². The molecule has 5 heterocycles. The van der Waals surface area contributed by atoms with E-state index in [4.69, 9.17) is 26.3 Å². The fourth-order valence-corrected chi connectivity index (χ4v) is 7.80. The summed E-state index contributed by atoms with van der Waals surface area (Å²) in [6, 6.07) is 12.6. The first-order chi connectivity index (χ1) is 20.4. The number of nitriles is 1. The first kappa shape index (κ1) is 27.4. The van der Waals surface area contributed by atoms with Gasteiger partial charge in [0.25, 0.3) is 0 Å². The summed E-state index contributed by atoms with van der Waals surface area (Å²) in [7, 11) is 2.03. The van der Waals surface area contributed by atoms with Crippen LogP contribution in [0.1, 0.15) is 36.9 Å². The highest BCUT2D eigenvalue weighted by Gasteiger charge is 2.49. The molecule has 0 bridgehead atoms. The number of halogens is 2. The Hall–Kier alpha value is -3.48. The number of aromatic nitrogens is 2. The summed E-state index contributed by atoms with van der Waals surface area (Å²) in [5.74, 6) is 1.12. The van der Waals surface area contributed by atoms with Crippen LogP contribution in [0.4, 0.5) is 15.9 Å². The first-order valence-corrected chi connectivity index (χ1v) is 15.4. The Kier molecular flexibility index (Phi) is 7.15. The van der Waals surface area contributed by atoms with Crippen LogP contribution in [0.2, 0.25) is 5.02 Å². The Morgan fingerprint density at radius 2 is 2.05 bits per heavy atom. The molecule has 1 aromatic heterocycles. The summed E-state index contributed by atoms with van der Waals surface area (Å²) in [5, 5.41) is 12.2. The van der Waals surface area contributed by atoms with Crippen molar-refractivity contribution in [2.75, 3.05) is 51.3 Å². The van der Waals surface area contributed by atoms with Gasteiger partial charge >= 0.3 is 11.8 Å². The number of nitrogens with zero attached hydrogens (tertiary/aromatic N) is 7. The highest BCUT2D eigenvalue weighted by molar-refractivity contribution is 6.36. The van der Waals surface area contributed by atoms with Crippen molar-refractivity contribution in [3.8, 4) is 12.2 Å². The van der Waals surface area contributed by atoms with Gasteiger partial charge in [-0.2, -0.15) is 10.2 Å². The van der Waals surface area contributed by atoms with Gasteiger partial charge < -0.3 is 14.5 Å². The number of fused-ring (bicyclic) bond motifs is 3. The SMILES string of the molecule is C/[N+](=C\C1CCN(C#N)C1)c1nc(OC[C@@]23CCCN2C[C@H](F)C3)nc2c1CCN(c1cccc3cccc(Cl)c13)C2. The topological polar surface area (TPSA) is 71.5 Å². The zero-order valence-corrected chi connectivity index (χ0v) is 24.7. The molecule has 2 aromatic carbocycles. The molecule has 0 aliphatic carbocycles. The van der Waals surface area contributed by atoms with Crippen LogP contribution in [0.3, 0.4) is 0 Å². The van der Waals surface area contributed by atoms with E-state index in [0.717, 1.165) is 90.4 Å². The van der Waals surface area contributed by atoms with Gasteiger partial charge in [0.15, 0.2) is 6.19 Å². The Balaban J connectivity index is 1.23. The number of alkyl halides is 1. The smallest absolute Gasteiger partial charge is 0.434 e. The molecule has 3 aromatic rings. The normalized spacial score (nSPS) is 26.0. The van der Waals surface area contributed by atoms with E-state index in [1.807, 2.05) is 19.2 Å². The Morgan fingerprint density at radius 3 is 2.88 bits per heavy atom. The van der Waals surface area contributed by atoms with Crippen LogP contribution >= 0.6 is 11.6 Å². The van der Waals surface area contributed by atoms with Crippen LogP contribution in [0.5, 0.6) is 6.01 Å². The van der Waals surface area contributed by atoms with Crippen LogP contribution < -0.4 is 9.64 Å². The highest BCUT2D eigenvalue weighted by Crippen LogP contribution is 2.41.